The number of ether oxygens (including phenoxy) is 1. The van der Waals surface area contributed by atoms with Crippen LogP contribution < -0.4 is 0 Å². The van der Waals surface area contributed by atoms with Crippen molar-refractivity contribution in [1.82, 2.24) is 0 Å². The summed E-state index contributed by atoms with van der Waals surface area (Å²) in [5.41, 5.74) is 0.539. The molecular weight excluding hydrogens is 224 g/mol. The predicted molar refractivity (Wildman–Crippen MR) is 71.1 cm³/mol. The lowest BCUT2D eigenvalue weighted by molar-refractivity contribution is -0.178. The second kappa shape index (κ2) is 4.86. The van der Waals surface area contributed by atoms with E-state index in [1.165, 1.54) is 58.5 Å². The number of esters is 1. The summed E-state index contributed by atoms with van der Waals surface area (Å²) in [6.45, 7) is 0. The van der Waals surface area contributed by atoms with Crippen molar-refractivity contribution in [3.63, 3.8) is 0 Å². The largest absolute Gasteiger partial charge is 0.469 e. The molecule has 0 aliphatic heterocycles. The quantitative estimate of drug-likeness (QED) is 0.709. The molecule has 0 spiro atoms. The van der Waals surface area contributed by atoms with Crippen LogP contribution in [0.4, 0.5) is 0 Å². The summed E-state index contributed by atoms with van der Waals surface area (Å²) in [6, 6.07) is 0. The third kappa shape index (κ3) is 1.80. The fourth-order valence-electron chi connectivity index (χ4n) is 5.56. The molecule has 2 nitrogen and oxygen atoms in total. The lowest BCUT2D eigenvalue weighted by Crippen LogP contribution is -2.59. The van der Waals surface area contributed by atoms with Gasteiger partial charge in [-0.15, -0.1) is 0 Å². The van der Waals surface area contributed by atoms with Crippen molar-refractivity contribution in [2.24, 2.45) is 23.2 Å². The average molecular weight is 250 g/mol. The smallest absolute Gasteiger partial charge is 0.305 e. The van der Waals surface area contributed by atoms with Crippen LogP contribution in [0.3, 0.4) is 0 Å². The Balaban J connectivity index is 1.71. The third-order valence-corrected chi connectivity index (χ3v) is 6.24. The van der Waals surface area contributed by atoms with Crippen LogP contribution in [0.15, 0.2) is 0 Å². The highest BCUT2D eigenvalue weighted by molar-refractivity contribution is 5.69. The minimum atomic E-state index is -0.00652. The van der Waals surface area contributed by atoms with Gasteiger partial charge in [-0.1, -0.05) is 25.7 Å². The van der Waals surface area contributed by atoms with Crippen molar-refractivity contribution < 1.29 is 9.53 Å². The van der Waals surface area contributed by atoms with Crippen molar-refractivity contribution >= 4 is 5.97 Å². The Hall–Kier alpha value is -0.530. The molecule has 0 aromatic heterocycles. The molecule has 102 valence electrons. The van der Waals surface area contributed by atoms with Gasteiger partial charge in [-0.3, -0.25) is 4.79 Å². The molecule has 3 aliphatic carbocycles. The van der Waals surface area contributed by atoms with E-state index in [2.05, 4.69) is 0 Å². The minimum absolute atomic E-state index is 0.00652. The Labute approximate surface area is 110 Å². The molecule has 2 heteroatoms. The molecule has 3 saturated carbocycles. The van der Waals surface area contributed by atoms with Crippen molar-refractivity contribution in [2.45, 2.75) is 64.2 Å². The Morgan fingerprint density at radius 2 is 1.78 bits per heavy atom. The van der Waals surface area contributed by atoms with Crippen molar-refractivity contribution in [3.8, 4) is 0 Å². The van der Waals surface area contributed by atoms with E-state index in [1.54, 1.807) is 0 Å². The molecule has 0 aromatic rings. The van der Waals surface area contributed by atoms with E-state index < -0.39 is 0 Å². The second-order valence-corrected chi connectivity index (χ2v) is 6.72. The van der Waals surface area contributed by atoms with E-state index >= 15 is 0 Å². The number of hydrogen-bond acceptors (Lipinski definition) is 2. The van der Waals surface area contributed by atoms with E-state index in [1.807, 2.05) is 0 Å². The van der Waals surface area contributed by atoms with Gasteiger partial charge in [-0.25, -0.2) is 0 Å². The minimum Gasteiger partial charge on any atom is -0.469 e. The summed E-state index contributed by atoms with van der Waals surface area (Å²) >= 11 is 0. The standard InChI is InChI=1S/C16H26O2/c1-18-15(17)9-11-16-10-5-4-8-14(16)12-6-2-3-7-13(12)16/h12-14H,2-11H2,1H3. The lowest BCUT2D eigenvalue weighted by Gasteiger charge is -2.66. The summed E-state index contributed by atoms with van der Waals surface area (Å²) < 4.78 is 4.84. The van der Waals surface area contributed by atoms with Crippen LogP contribution in [0.25, 0.3) is 0 Å². The first kappa shape index (κ1) is 12.5. The van der Waals surface area contributed by atoms with Gasteiger partial charge in [0.05, 0.1) is 7.11 Å². The fraction of sp³-hybridized carbons (Fsp3) is 0.938. The van der Waals surface area contributed by atoms with Gasteiger partial charge in [0.25, 0.3) is 0 Å². The Bertz CT molecular complexity index is 311. The predicted octanol–water partition coefficient (Wildman–Crippen LogP) is 3.94. The van der Waals surface area contributed by atoms with Crippen LogP contribution in [-0.2, 0) is 9.53 Å². The molecule has 4 unspecified atom stereocenters. The van der Waals surface area contributed by atoms with Crippen molar-refractivity contribution in [3.05, 3.63) is 0 Å². The summed E-state index contributed by atoms with van der Waals surface area (Å²) in [5.74, 6) is 2.90. The number of methoxy groups -OCH3 is 1. The number of rotatable bonds is 3. The monoisotopic (exact) mass is 250 g/mol. The molecule has 3 rings (SSSR count). The molecule has 3 aliphatic rings. The molecule has 4 atom stereocenters. The van der Waals surface area contributed by atoms with Gasteiger partial charge < -0.3 is 4.74 Å². The molecule has 0 saturated heterocycles. The second-order valence-electron chi connectivity index (χ2n) is 6.72. The third-order valence-electron chi connectivity index (χ3n) is 6.24. The van der Waals surface area contributed by atoms with Crippen molar-refractivity contribution in [1.29, 1.82) is 0 Å². The van der Waals surface area contributed by atoms with Crippen LogP contribution in [0.1, 0.15) is 64.2 Å². The SMILES string of the molecule is COC(=O)CCC12CCCCC1C1CCCCC12. The van der Waals surface area contributed by atoms with Crippen molar-refractivity contribution in [2.75, 3.05) is 7.11 Å². The van der Waals surface area contributed by atoms with Crippen LogP contribution >= 0.6 is 0 Å². The van der Waals surface area contributed by atoms with Gasteiger partial charge >= 0.3 is 5.97 Å². The number of carbonyl (C=O) groups is 1. The van der Waals surface area contributed by atoms with Crippen LogP contribution in [0.2, 0.25) is 0 Å². The summed E-state index contributed by atoms with van der Waals surface area (Å²) in [6.07, 6.45) is 13.2. The highest BCUT2D eigenvalue weighted by atomic mass is 16.5. The van der Waals surface area contributed by atoms with Gasteiger partial charge in [-0.05, 0) is 55.3 Å². The van der Waals surface area contributed by atoms with E-state index in [0.29, 0.717) is 11.8 Å². The maximum Gasteiger partial charge on any atom is 0.305 e. The summed E-state index contributed by atoms with van der Waals surface area (Å²) in [7, 11) is 1.52. The molecule has 0 heterocycles. The van der Waals surface area contributed by atoms with E-state index in [9.17, 15) is 4.79 Å². The molecule has 0 amide bonds. The number of carbonyl (C=O) groups excluding carboxylic acids is 1. The van der Waals surface area contributed by atoms with Gasteiger partial charge in [-0.2, -0.15) is 0 Å². The summed E-state index contributed by atoms with van der Waals surface area (Å²) in [4.78, 5) is 11.5. The number of fused-ring (bicyclic) bond motifs is 4. The zero-order valence-electron chi connectivity index (χ0n) is 11.6. The average Bonchev–Trinajstić information content (AvgIpc) is 2.42. The maximum absolute atomic E-state index is 11.5. The van der Waals surface area contributed by atoms with Gasteiger partial charge in [0.15, 0.2) is 0 Å². The molecule has 0 N–H and O–H groups in total. The molecule has 0 aromatic carbocycles. The first-order chi connectivity index (χ1) is 8.78. The van der Waals surface area contributed by atoms with E-state index in [0.717, 1.165) is 24.2 Å². The van der Waals surface area contributed by atoms with Crippen LogP contribution in [-0.4, -0.2) is 13.1 Å². The first-order valence-electron chi connectivity index (χ1n) is 7.85. The topological polar surface area (TPSA) is 26.3 Å². The van der Waals surface area contributed by atoms with E-state index in [4.69, 9.17) is 4.74 Å². The lowest BCUT2D eigenvalue weighted by atomic mass is 9.38. The van der Waals surface area contributed by atoms with E-state index in [-0.39, 0.29) is 5.97 Å². The van der Waals surface area contributed by atoms with Gasteiger partial charge in [0, 0.05) is 6.42 Å². The number of hydrogen-bond donors (Lipinski definition) is 0. The summed E-state index contributed by atoms with van der Waals surface area (Å²) in [5, 5.41) is 0. The highest BCUT2D eigenvalue weighted by Crippen LogP contribution is 2.68. The zero-order chi connectivity index (χ0) is 12.6. The Morgan fingerprint density at radius 3 is 2.50 bits per heavy atom. The first-order valence-corrected chi connectivity index (χ1v) is 7.85. The molecular formula is C16H26O2. The molecule has 3 fully saturated rings. The zero-order valence-corrected chi connectivity index (χ0v) is 11.6. The Kier molecular flexibility index (Phi) is 3.38. The van der Waals surface area contributed by atoms with Crippen LogP contribution in [0, 0.1) is 23.2 Å². The maximum atomic E-state index is 11.5. The Morgan fingerprint density at radius 1 is 1.11 bits per heavy atom. The molecule has 0 bridgehead atoms. The normalized spacial score (nSPS) is 42.4. The van der Waals surface area contributed by atoms with Crippen LogP contribution in [0.5, 0.6) is 0 Å². The highest BCUT2D eigenvalue weighted by Gasteiger charge is 2.60. The molecule has 0 radical (unpaired) electrons. The van der Waals surface area contributed by atoms with Gasteiger partial charge in [0.1, 0.15) is 0 Å². The fourth-order valence-corrected chi connectivity index (χ4v) is 5.56. The molecule has 18 heavy (non-hydrogen) atoms. The van der Waals surface area contributed by atoms with Gasteiger partial charge in [0.2, 0.25) is 0 Å².